The molecular formula is C11H20OS2. The Kier molecular flexibility index (Phi) is 6.02. The Morgan fingerprint density at radius 3 is 2.79 bits per heavy atom. The van der Waals surface area contributed by atoms with Gasteiger partial charge in [0.2, 0.25) is 0 Å². The Labute approximate surface area is 95.2 Å². The van der Waals surface area contributed by atoms with Gasteiger partial charge in [0.25, 0.3) is 0 Å². The summed E-state index contributed by atoms with van der Waals surface area (Å²) in [6.07, 6.45) is 5.80. The highest BCUT2D eigenvalue weighted by atomic mass is 33.1. The van der Waals surface area contributed by atoms with E-state index in [0.29, 0.717) is 5.78 Å². The highest BCUT2D eigenvalue weighted by molar-refractivity contribution is 8.77. The predicted molar refractivity (Wildman–Crippen MR) is 66.8 cm³/mol. The van der Waals surface area contributed by atoms with E-state index in [1.165, 1.54) is 25.0 Å². The highest BCUT2D eigenvalue weighted by Crippen LogP contribution is 2.39. The molecule has 14 heavy (non-hydrogen) atoms. The molecule has 0 spiro atoms. The molecule has 0 aliphatic carbocycles. The van der Waals surface area contributed by atoms with Gasteiger partial charge in [-0.3, -0.25) is 4.79 Å². The van der Waals surface area contributed by atoms with Crippen molar-refractivity contribution in [1.29, 1.82) is 0 Å². The number of rotatable bonds is 6. The number of carbonyl (C=O) groups is 1. The maximum absolute atomic E-state index is 11.3. The van der Waals surface area contributed by atoms with Crippen molar-refractivity contribution in [3.05, 3.63) is 0 Å². The molecule has 1 rings (SSSR count). The van der Waals surface area contributed by atoms with Gasteiger partial charge in [-0.05, 0) is 19.3 Å². The topological polar surface area (TPSA) is 17.1 Å². The number of hydrogen-bond donors (Lipinski definition) is 0. The molecule has 0 unspecified atom stereocenters. The van der Waals surface area contributed by atoms with E-state index >= 15 is 0 Å². The Bertz CT molecular complexity index is 174. The summed E-state index contributed by atoms with van der Waals surface area (Å²) >= 11 is 0. The zero-order chi connectivity index (χ0) is 10.4. The maximum Gasteiger partial charge on any atom is 0.135 e. The Morgan fingerprint density at radius 1 is 1.43 bits per heavy atom. The van der Waals surface area contributed by atoms with Crippen LogP contribution in [0.2, 0.25) is 0 Å². The van der Waals surface area contributed by atoms with Crippen molar-refractivity contribution in [2.45, 2.75) is 51.2 Å². The van der Waals surface area contributed by atoms with Crippen LogP contribution < -0.4 is 0 Å². The van der Waals surface area contributed by atoms with Crippen LogP contribution in [0.15, 0.2) is 0 Å². The second-order valence-corrected chi connectivity index (χ2v) is 6.98. The summed E-state index contributed by atoms with van der Waals surface area (Å²) in [6.45, 7) is 3.98. The van der Waals surface area contributed by atoms with Crippen LogP contribution in [0, 0.1) is 5.92 Å². The van der Waals surface area contributed by atoms with Gasteiger partial charge in [0, 0.05) is 23.3 Å². The van der Waals surface area contributed by atoms with Crippen molar-refractivity contribution in [3.8, 4) is 0 Å². The van der Waals surface area contributed by atoms with Crippen molar-refractivity contribution in [2.75, 3.05) is 5.75 Å². The van der Waals surface area contributed by atoms with Gasteiger partial charge in [0.15, 0.2) is 0 Å². The molecule has 0 aromatic carbocycles. The van der Waals surface area contributed by atoms with E-state index in [9.17, 15) is 4.79 Å². The minimum atomic E-state index is 0.228. The molecule has 0 saturated carbocycles. The third kappa shape index (κ3) is 4.74. The SMILES string of the molecule is CC(C)C(=O)CCCC[C@@H]1CCSS1. The molecule has 0 radical (unpaired) electrons. The third-order valence-corrected chi connectivity index (χ3v) is 5.58. The van der Waals surface area contributed by atoms with E-state index in [2.05, 4.69) is 0 Å². The lowest BCUT2D eigenvalue weighted by Crippen LogP contribution is -2.06. The molecule has 0 bridgehead atoms. The predicted octanol–water partition coefficient (Wildman–Crippen LogP) is 3.93. The molecule has 3 heteroatoms. The lowest BCUT2D eigenvalue weighted by atomic mass is 10.0. The summed E-state index contributed by atoms with van der Waals surface area (Å²) in [5.41, 5.74) is 0. The molecule has 0 aromatic rings. The van der Waals surface area contributed by atoms with Gasteiger partial charge in [0.1, 0.15) is 5.78 Å². The number of Topliss-reactive ketones (excluding diaryl/α,β-unsaturated/α-hetero) is 1. The normalized spacial score (nSPS) is 21.8. The number of ketones is 1. The summed E-state index contributed by atoms with van der Waals surface area (Å²) in [6, 6.07) is 0. The fraction of sp³-hybridized carbons (Fsp3) is 0.909. The average Bonchev–Trinajstić information content (AvgIpc) is 2.64. The lowest BCUT2D eigenvalue weighted by molar-refractivity contribution is -0.122. The first-order valence-electron chi connectivity index (χ1n) is 5.51. The van der Waals surface area contributed by atoms with Gasteiger partial charge in [-0.15, -0.1) is 0 Å². The average molecular weight is 232 g/mol. The second kappa shape index (κ2) is 6.78. The molecule has 1 nitrogen and oxygen atoms in total. The van der Waals surface area contributed by atoms with E-state index in [1.807, 2.05) is 35.4 Å². The van der Waals surface area contributed by atoms with Gasteiger partial charge < -0.3 is 0 Å². The van der Waals surface area contributed by atoms with Gasteiger partial charge in [0.05, 0.1) is 0 Å². The van der Waals surface area contributed by atoms with Crippen LogP contribution in [0.4, 0.5) is 0 Å². The zero-order valence-electron chi connectivity index (χ0n) is 9.12. The second-order valence-electron chi connectivity index (χ2n) is 4.20. The van der Waals surface area contributed by atoms with Gasteiger partial charge in [-0.2, -0.15) is 0 Å². The van der Waals surface area contributed by atoms with Crippen LogP contribution in [-0.4, -0.2) is 16.8 Å². The monoisotopic (exact) mass is 232 g/mol. The van der Waals surface area contributed by atoms with Crippen LogP contribution in [0.25, 0.3) is 0 Å². The van der Waals surface area contributed by atoms with Crippen molar-refractivity contribution in [3.63, 3.8) is 0 Å². The minimum Gasteiger partial charge on any atom is -0.299 e. The van der Waals surface area contributed by atoms with E-state index in [-0.39, 0.29) is 5.92 Å². The first-order chi connectivity index (χ1) is 6.70. The van der Waals surface area contributed by atoms with Crippen LogP contribution in [0.5, 0.6) is 0 Å². The summed E-state index contributed by atoms with van der Waals surface area (Å²) < 4.78 is 0. The molecule has 1 aliphatic rings. The Balaban J connectivity index is 1.96. The van der Waals surface area contributed by atoms with E-state index in [0.717, 1.165) is 18.1 Å². The quantitative estimate of drug-likeness (QED) is 0.510. The Morgan fingerprint density at radius 2 is 2.21 bits per heavy atom. The van der Waals surface area contributed by atoms with Crippen molar-refractivity contribution in [2.24, 2.45) is 5.92 Å². The van der Waals surface area contributed by atoms with Gasteiger partial charge in [-0.1, -0.05) is 41.9 Å². The standard InChI is InChI=1S/C11H20OS2/c1-9(2)11(12)6-4-3-5-10-7-8-13-14-10/h9-10H,3-8H2,1-2H3/t10-/m1/s1. The largest absolute Gasteiger partial charge is 0.299 e. The fourth-order valence-corrected chi connectivity index (χ4v) is 4.55. The molecule has 0 aromatic heterocycles. The van der Waals surface area contributed by atoms with E-state index < -0.39 is 0 Å². The summed E-state index contributed by atoms with van der Waals surface area (Å²) in [5, 5.41) is 0.870. The highest BCUT2D eigenvalue weighted by Gasteiger charge is 2.16. The van der Waals surface area contributed by atoms with Gasteiger partial charge >= 0.3 is 0 Å². The maximum atomic E-state index is 11.3. The molecule has 0 N–H and O–H groups in total. The van der Waals surface area contributed by atoms with E-state index in [1.54, 1.807) is 0 Å². The van der Waals surface area contributed by atoms with Gasteiger partial charge in [-0.25, -0.2) is 0 Å². The van der Waals surface area contributed by atoms with Crippen molar-refractivity contribution in [1.82, 2.24) is 0 Å². The first-order valence-corrected chi connectivity index (χ1v) is 7.89. The zero-order valence-corrected chi connectivity index (χ0v) is 10.8. The number of unbranched alkanes of at least 4 members (excludes halogenated alkanes) is 1. The Hall–Kier alpha value is 0.370. The first kappa shape index (κ1) is 12.4. The van der Waals surface area contributed by atoms with Crippen molar-refractivity contribution >= 4 is 27.4 Å². The van der Waals surface area contributed by atoms with Crippen LogP contribution >= 0.6 is 21.6 Å². The van der Waals surface area contributed by atoms with Crippen molar-refractivity contribution < 1.29 is 4.79 Å². The molecule has 0 amide bonds. The molecule has 1 heterocycles. The third-order valence-electron chi connectivity index (χ3n) is 2.57. The minimum absolute atomic E-state index is 0.228. The van der Waals surface area contributed by atoms with Crippen LogP contribution in [0.1, 0.15) is 46.0 Å². The molecule has 1 fully saturated rings. The lowest BCUT2D eigenvalue weighted by Gasteiger charge is -2.07. The molecule has 1 atom stereocenters. The number of carbonyl (C=O) groups excluding carboxylic acids is 1. The van der Waals surface area contributed by atoms with Crippen LogP contribution in [0.3, 0.4) is 0 Å². The summed E-state index contributed by atoms with van der Waals surface area (Å²) in [7, 11) is 4.04. The molecule has 82 valence electrons. The molecular weight excluding hydrogens is 212 g/mol. The van der Waals surface area contributed by atoms with Crippen LogP contribution in [-0.2, 0) is 4.79 Å². The fourth-order valence-electron chi connectivity index (χ4n) is 1.52. The summed E-state index contributed by atoms with van der Waals surface area (Å²) in [4.78, 5) is 11.3. The summed E-state index contributed by atoms with van der Waals surface area (Å²) in [5.74, 6) is 1.98. The smallest absolute Gasteiger partial charge is 0.135 e. The molecule has 1 aliphatic heterocycles. The number of hydrogen-bond acceptors (Lipinski definition) is 3. The molecule has 1 saturated heterocycles. The van der Waals surface area contributed by atoms with E-state index in [4.69, 9.17) is 0 Å².